The van der Waals surface area contributed by atoms with Gasteiger partial charge in [-0.3, -0.25) is 0 Å². The molecule has 0 fully saturated rings. The Bertz CT molecular complexity index is 570. The Balaban J connectivity index is 2.24. The number of hydrogen-bond donors (Lipinski definition) is 0. The zero-order chi connectivity index (χ0) is 13.5. The summed E-state index contributed by atoms with van der Waals surface area (Å²) in [5.41, 5.74) is 2.40. The molecule has 2 aromatic rings. The number of nitriles is 1. The zero-order valence-electron chi connectivity index (χ0n) is 11.1. The molecule has 0 N–H and O–H groups in total. The van der Waals surface area contributed by atoms with E-state index in [1.54, 1.807) is 6.20 Å². The molecule has 0 spiro atoms. The fourth-order valence-corrected chi connectivity index (χ4v) is 1.98. The zero-order valence-corrected chi connectivity index (χ0v) is 11.1. The van der Waals surface area contributed by atoms with Gasteiger partial charge in [0.1, 0.15) is 11.8 Å². The first-order chi connectivity index (χ1) is 9.35. The van der Waals surface area contributed by atoms with Crippen molar-refractivity contribution in [2.24, 2.45) is 0 Å². The van der Waals surface area contributed by atoms with Crippen LogP contribution >= 0.6 is 0 Å². The van der Waals surface area contributed by atoms with Crippen LogP contribution < -0.4 is 0 Å². The van der Waals surface area contributed by atoms with E-state index in [1.165, 1.54) is 12.8 Å². The van der Waals surface area contributed by atoms with E-state index in [0.717, 1.165) is 24.0 Å². The van der Waals surface area contributed by atoms with Gasteiger partial charge in [-0.05, 0) is 12.8 Å². The Morgan fingerprint density at radius 2 is 1.95 bits per heavy atom. The van der Waals surface area contributed by atoms with Crippen molar-refractivity contribution in [3.63, 3.8) is 0 Å². The molecule has 0 unspecified atom stereocenters. The van der Waals surface area contributed by atoms with E-state index >= 15 is 0 Å². The molecular weight excluding hydrogens is 234 g/mol. The van der Waals surface area contributed by atoms with Crippen LogP contribution in [0.25, 0.3) is 11.4 Å². The average Bonchev–Trinajstić information content (AvgIpc) is 2.48. The fourth-order valence-electron chi connectivity index (χ4n) is 1.98. The van der Waals surface area contributed by atoms with Crippen molar-refractivity contribution in [2.45, 2.75) is 32.6 Å². The van der Waals surface area contributed by atoms with Crippen LogP contribution in [0.4, 0.5) is 0 Å². The highest BCUT2D eigenvalue weighted by Crippen LogP contribution is 2.17. The maximum Gasteiger partial charge on any atom is 0.160 e. The monoisotopic (exact) mass is 251 g/mol. The largest absolute Gasteiger partial charge is 0.236 e. The summed E-state index contributed by atoms with van der Waals surface area (Å²) in [5.74, 6) is 0.622. The van der Waals surface area contributed by atoms with Crippen molar-refractivity contribution in [3.05, 3.63) is 47.8 Å². The molecule has 0 radical (unpaired) electrons. The quantitative estimate of drug-likeness (QED) is 0.760. The SMILES string of the molecule is CCCCCc1cnc(-c2ccccc2)nc1C#N. The van der Waals surface area contributed by atoms with Crippen molar-refractivity contribution in [2.75, 3.05) is 0 Å². The lowest BCUT2D eigenvalue weighted by molar-refractivity contribution is 0.713. The van der Waals surface area contributed by atoms with Gasteiger partial charge in [0.25, 0.3) is 0 Å². The van der Waals surface area contributed by atoms with E-state index in [1.807, 2.05) is 30.3 Å². The van der Waals surface area contributed by atoms with E-state index in [-0.39, 0.29) is 0 Å². The van der Waals surface area contributed by atoms with Crippen molar-refractivity contribution >= 4 is 0 Å². The van der Waals surface area contributed by atoms with Gasteiger partial charge in [0.05, 0.1) is 0 Å². The molecule has 0 saturated carbocycles. The van der Waals surface area contributed by atoms with Crippen LogP contribution in [-0.4, -0.2) is 9.97 Å². The summed E-state index contributed by atoms with van der Waals surface area (Å²) in [6.07, 6.45) is 6.10. The number of rotatable bonds is 5. The van der Waals surface area contributed by atoms with E-state index in [9.17, 15) is 5.26 Å². The molecular formula is C16H17N3. The van der Waals surface area contributed by atoms with Crippen LogP contribution in [0.1, 0.15) is 37.4 Å². The Hall–Kier alpha value is -2.21. The first-order valence-electron chi connectivity index (χ1n) is 6.66. The molecule has 0 saturated heterocycles. The molecule has 1 aromatic carbocycles. The van der Waals surface area contributed by atoms with E-state index in [2.05, 4.69) is 23.0 Å². The molecule has 0 aliphatic carbocycles. The lowest BCUT2D eigenvalue weighted by Crippen LogP contribution is -1.99. The molecule has 1 heterocycles. The highest BCUT2D eigenvalue weighted by molar-refractivity contribution is 5.55. The summed E-state index contributed by atoms with van der Waals surface area (Å²) in [5, 5.41) is 9.21. The van der Waals surface area contributed by atoms with Crippen LogP contribution in [0, 0.1) is 11.3 Å². The topological polar surface area (TPSA) is 49.6 Å². The predicted molar refractivity (Wildman–Crippen MR) is 75.4 cm³/mol. The third-order valence-electron chi connectivity index (χ3n) is 3.05. The lowest BCUT2D eigenvalue weighted by atomic mass is 10.1. The van der Waals surface area contributed by atoms with Gasteiger partial charge < -0.3 is 0 Å². The minimum Gasteiger partial charge on any atom is -0.236 e. The van der Waals surface area contributed by atoms with Crippen LogP contribution in [0.15, 0.2) is 36.5 Å². The van der Waals surface area contributed by atoms with Crippen LogP contribution in [-0.2, 0) is 6.42 Å². The van der Waals surface area contributed by atoms with Crippen molar-refractivity contribution < 1.29 is 0 Å². The number of aryl methyl sites for hydroxylation is 1. The normalized spacial score (nSPS) is 10.1. The summed E-state index contributed by atoms with van der Waals surface area (Å²) in [7, 11) is 0. The molecule has 0 bridgehead atoms. The van der Waals surface area contributed by atoms with E-state index in [4.69, 9.17) is 0 Å². The number of nitrogens with zero attached hydrogens (tertiary/aromatic N) is 3. The highest BCUT2D eigenvalue weighted by atomic mass is 14.9. The molecule has 96 valence electrons. The third-order valence-corrected chi connectivity index (χ3v) is 3.05. The Morgan fingerprint density at radius 3 is 2.63 bits per heavy atom. The molecule has 1 aromatic heterocycles. The summed E-state index contributed by atoms with van der Waals surface area (Å²) in [6, 6.07) is 11.9. The third kappa shape index (κ3) is 3.38. The van der Waals surface area contributed by atoms with Gasteiger partial charge >= 0.3 is 0 Å². The molecule has 0 atom stereocenters. The second-order valence-electron chi connectivity index (χ2n) is 4.50. The molecule has 2 rings (SSSR count). The molecule has 19 heavy (non-hydrogen) atoms. The Labute approximate surface area is 114 Å². The van der Waals surface area contributed by atoms with Gasteiger partial charge in [-0.2, -0.15) is 5.26 Å². The second-order valence-corrected chi connectivity index (χ2v) is 4.50. The minimum atomic E-state index is 0.505. The standard InChI is InChI=1S/C16H17N3/c1-2-3-5-10-14-12-18-16(19-15(14)11-17)13-8-6-4-7-9-13/h4,6-9,12H,2-3,5,10H2,1H3. The van der Waals surface area contributed by atoms with Crippen molar-refractivity contribution in [1.82, 2.24) is 9.97 Å². The second kappa shape index (κ2) is 6.65. The smallest absolute Gasteiger partial charge is 0.160 e. The fraction of sp³-hybridized carbons (Fsp3) is 0.312. The minimum absolute atomic E-state index is 0.505. The number of aromatic nitrogens is 2. The van der Waals surface area contributed by atoms with Gasteiger partial charge in [0, 0.05) is 17.3 Å². The maximum atomic E-state index is 9.21. The van der Waals surface area contributed by atoms with Crippen LogP contribution in [0.2, 0.25) is 0 Å². The summed E-state index contributed by atoms with van der Waals surface area (Å²) < 4.78 is 0. The number of benzene rings is 1. The predicted octanol–water partition coefficient (Wildman–Crippen LogP) is 3.75. The van der Waals surface area contributed by atoms with Gasteiger partial charge in [0.15, 0.2) is 5.82 Å². The van der Waals surface area contributed by atoms with Gasteiger partial charge in [-0.1, -0.05) is 50.1 Å². The first kappa shape index (κ1) is 13.2. The number of hydrogen-bond acceptors (Lipinski definition) is 3. The van der Waals surface area contributed by atoms with Gasteiger partial charge in [-0.25, -0.2) is 9.97 Å². The highest BCUT2D eigenvalue weighted by Gasteiger charge is 2.07. The van der Waals surface area contributed by atoms with Crippen molar-refractivity contribution in [3.8, 4) is 17.5 Å². The van der Waals surface area contributed by atoms with Crippen molar-refractivity contribution in [1.29, 1.82) is 5.26 Å². The van der Waals surface area contributed by atoms with Crippen LogP contribution in [0.5, 0.6) is 0 Å². The molecule has 0 aliphatic rings. The molecule has 3 nitrogen and oxygen atoms in total. The van der Waals surface area contributed by atoms with Gasteiger partial charge in [-0.15, -0.1) is 0 Å². The Kier molecular flexibility index (Phi) is 4.63. The van der Waals surface area contributed by atoms with Gasteiger partial charge in [0.2, 0.25) is 0 Å². The summed E-state index contributed by atoms with van der Waals surface area (Å²) in [4.78, 5) is 8.74. The summed E-state index contributed by atoms with van der Waals surface area (Å²) in [6.45, 7) is 2.17. The summed E-state index contributed by atoms with van der Waals surface area (Å²) >= 11 is 0. The lowest BCUT2D eigenvalue weighted by Gasteiger charge is -2.05. The molecule has 0 aliphatic heterocycles. The maximum absolute atomic E-state index is 9.21. The van der Waals surface area contributed by atoms with E-state index in [0.29, 0.717) is 11.5 Å². The average molecular weight is 251 g/mol. The Morgan fingerprint density at radius 1 is 1.16 bits per heavy atom. The first-order valence-corrected chi connectivity index (χ1v) is 6.66. The number of unbranched alkanes of at least 4 members (excludes halogenated alkanes) is 2. The van der Waals surface area contributed by atoms with Crippen LogP contribution in [0.3, 0.4) is 0 Å². The molecule has 3 heteroatoms. The van der Waals surface area contributed by atoms with E-state index < -0.39 is 0 Å². The molecule has 0 amide bonds.